The third-order valence-electron chi connectivity index (χ3n) is 5.52. The minimum atomic E-state index is -0.948. The molecule has 1 heterocycles. The van der Waals surface area contributed by atoms with E-state index in [-0.39, 0.29) is 18.5 Å². The summed E-state index contributed by atoms with van der Waals surface area (Å²) in [4.78, 5) is 17.6. The molecule has 1 aliphatic heterocycles. The summed E-state index contributed by atoms with van der Waals surface area (Å²) < 4.78 is 14.3. The highest BCUT2D eigenvalue weighted by molar-refractivity contribution is 5.88. The summed E-state index contributed by atoms with van der Waals surface area (Å²) in [5, 5.41) is 6.03. The summed E-state index contributed by atoms with van der Waals surface area (Å²) in [5.74, 6) is -0.408. The number of alkyl halides is 1. The second kappa shape index (κ2) is 12.2. The molecular weight excluding hydrogens is 343 g/mol. The van der Waals surface area contributed by atoms with Crippen LogP contribution in [0, 0.1) is 11.8 Å². The molecule has 5 atom stereocenters. The quantitative estimate of drug-likeness (QED) is 0.628. The molecule has 0 bridgehead atoms. The van der Waals surface area contributed by atoms with Gasteiger partial charge in [0.1, 0.15) is 12.3 Å². The van der Waals surface area contributed by atoms with E-state index in [0.29, 0.717) is 18.8 Å². The molecule has 0 saturated heterocycles. The van der Waals surface area contributed by atoms with E-state index in [1.165, 1.54) is 0 Å². The fourth-order valence-corrected chi connectivity index (χ4v) is 3.58. The number of allylic oxidation sites excluding steroid dienone is 2. The van der Waals surface area contributed by atoms with Crippen LogP contribution in [0.1, 0.15) is 73.1 Å². The topological polar surface area (TPSA) is 79.5 Å². The highest BCUT2D eigenvalue weighted by Gasteiger charge is 2.33. The average molecular weight is 383 g/mol. The Balaban J connectivity index is 3.15. The minimum absolute atomic E-state index is 0.168. The van der Waals surface area contributed by atoms with Crippen LogP contribution in [0.2, 0.25) is 0 Å². The zero-order valence-electron chi connectivity index (χ0n) is 17.7. The molecule has 0 saturated carbocycles. The fraction of sp³-hybridized carbons (Fsp3) is 0.810. The van der Waals surface area contributed by atoms with E-state index in [2.05, 4.69) is 24.5 Å². The largest absolute Gasteiger partial charge is 0.330 e. The van der Waals surface area contributed by atoms with Crippen LogP contribution in [0.3, 0.4) is 0 Å². The van der Waals surface area contributed by atoms with E-state index >= 15 is 0 Å². The molecule has 0 aromatic carbocycles. The summed E-state index contributed by atoms with van der Waals surface area (Å²) in [7, 11) is 0. The van der Waals surface area contributed by atoms with Gasteiger partial charge in [-0.2, -0.15) is 0 Å². The molecule has 0 radical (unpaired) electrons. The van der Waals surface area contributed by atoms with Gasteiger partial charge in [0.15, 0.2) is 0 Å². The number of hydrogen-bond donors (Lipinski definition) is 3. The predicted octanol–water partition coefficient (Wildman–Crippen LogP) is 3.69. The van der Waals surface area contributed by atoms with Crippen molar-refractivity contribution in [2.75, 3.05) is 6.54 Å². The molecule has 5 nitrogen and oxygen atoms in total. The fourth-order valence-electron chi connectivity index (χ4n) is 3.58. The van der Waals surface area contributed by atoms with Crippen LogP contribution in [-0.4, -0.2) is 36.5 Å². The monoisotopic (exact) mass is 382 g/mol. The van der Waals surface area contributed by atoms with Gasteiger partial charge in [-0.3, -0.25) is 9.79 Å². The molecule has 4 N–H and O–H groups in total. The van der Waals surface area contributed by atoms with Gasteiger partial charge >= 0.3 is 0 Å². The van der Waals surface area contributed by atoms with Crippen molar-refractivity contribution < 1.29 is 9.18 Å². The van der Waals surface area contributed by atoms with Crippen molar-refractivity contribution in [3.05, 3.63) is 11.8 Å². The van der Waals surface area contributed by atoms with Crippen molar-refractivity contribution in [3.8, 4) is 0 Å². The number of unbranched alkanes of at least 4 members (excludes halogenated alkanes) is 1. The summed E-state index contributed by atoms with van der Waals surface area (Å²) in [6.07, 6.45) is 5.55. The second-order valence-corrected chi connectivity index (χ2v) is 7.68. The van der Waals surface area contributed by atoms with Crippen molar-refractivity contribution in [2.45, 2.75) is 91.5 Å². The van der Waals surface area contributed by atoms with Crippen molar-refractivity contribution in [1.29, 1.82) is 0 Å². The Morgan fingerprint density at radius 2 is 2.19 bits per heavy atom. The number of nitrogens with zero attached hydrogens (tertiary/aromatic N) is 1. The first-order chi connectivity index (χ1) is 12.8. The Hall–Kier alpha value is -1.27. The van der Waals surface area contributed by atoms with Crippen molar-refractivity contribution in [3.63, 3.8) is 0 Å². The number of amides is 1. The minimum Gasteiger partial charge on any atom is -0.330 e. The third-order valence-corrected chi connectivity index (χ3v) is 5.52. The van der Waals surface area contributed by atoms with E-state index in [1.54, 1.807) is 0 Å². The number of hydrogen-bond acceptors (Lipinski definition) is 4. The second-order valence-electron chi connectivity index (χ2n) is 7.68. The van der Waals surface area contributed by atoms with Crippen LogP contribution in [0.4, 0.5) is 4.39 Å². The van der Waals surface area contributed by atoms with Crippen LogP contribution >= 0.6 is 0 Å². The van der Waals surface area contributed by atoms with Crippen LogP contribution in [0.5, 0.6) is 0 Å². The average Bonchev–Trinajstić information content (AvgIpc) is 2.63. The number of rotatable bonds is 7. The Morgan fingerprint density at radius 3 is 2.78 bits per heavy atom. The summed E-state index contributed by atoms with van der Waals surface area (Å²) in [5.41, 5.74) is 8.18. The molecule has 1 rings (SSSR count). The van der Waals surface area contributed by atoms with Crippen LogP contribution in [0.25, 0.3) is 0 Å². The lowest BCUT2D eigenvalue weighted by molar-refractivity contribution is -0.125. The standard InChI is InChI=1S/C21H39FN4O/c1-6-9-10-16(8-3)18-12-11-17(22)13-24-15(5)19(20(23)26-18)21(27)25-14(4)7-2/h7,15-17,19-20,24H,6,8-13,23H2,1-5H3,(H,25,27). The number of halogens is 1. The highest BCUT2D eigenvalue weighted by atomic mass is 19.1. The maximum Gasteiger partial charge on any atom is 0.232 e. The number of carbonyl (C=O) groups is 1. The van der Waals surface area contributed by atoms with E-state index < -0.39 is 18.3 Å². The summed E-state index contributed by atoms with van der Waals surface area (Å²) >= 11 is 0. The zero-order chi connectivity index (χ0) is 20.4. The lowest BCUT2D eigenvalue weighted by Crippen LogP contribution is -2.52. The Morgan fingerprint density at radius 1 is 1.48 bits per heavy atom. The summed E-state index contributed by atoms with van der Waals surface area (Å²) in [6.45, 7) is 10.1. The molecule has 5 unspecified atom stereocenters. The molecule has 0 fully saturated rings. The Kier molecular flexibility index (Phi) is 10.8. The van der Waals surface area contributed by atoms with Gasteiger partial charge in [0.25, 0.3) is 0 Å². The highest BCUT2D eigenvalue weighted by Crippen LogP contribution is 2.22. The molecule has 1 aliphatic rings. The number of nitrogens with one attached hydrogen (secondary N) is 2. The van der Waals surface area contributed by atoms with Gasteiger partial charge < -0.3 is 16.4 Å². The number of aliphatic imine (C=N–C) groups is 1. The first-order valence-corrected chi connectivity index (χ1v) is 10.5. The van der Waals surface area contributed by atoms with Crippen molar-refractivity contribution in [1.82, 2.24) is 10.6 Å². The maximum atomic E-state index is 14.3. The van der Waals surface area contributed by atoms with Crippen LogP contribution in [0.15, 0.2) is 16.8 Å². The molecule has 27 heavy (non-hydrogen) atoms. The predicted molar refractivity (Wildman–Crippen MR) is 111 cm³/mol. The van der Waals surface area contributed by atoms with Crippen molar-refractivity contribution >= 4 is 11.6 Å². The van der Waals surface area contributed by atoms with Gasteiger partial charge in [-0.15, -0.1) is 0 Å². The molecule has 0 aromatic heterocycles. The molecule has 1 amide bonds. The third kappa shape index (κ3) is 7.70. The molecular formula is C21H39FN4O. The first kappa shape index (κ1) is 23.8. The molecule has 0 aliphatic carbocycles. The Bertz CT molecular complexity index is 520. The van der Waals surface area contributed by atoms with E-state index in [4.69, 9.17) is 10.7 Å². The number of carbonyl (C=O) groups excluding carboxylic acids is 1. The van der Waals surface area contributed by atoms with Gasteiger partial charge in [0, 0.05) is 24.0 Å². The van der Waals surface area contributed by atoms with Gasteiger partial charge in [-0.05, 0) is 52.4 Å². The van der Waals surface area contributed by atoms with Gasteiger partial charge in [-0.1, -0.05) is 32.8 Å². The van der Waals surface area contributed by atoms with E-state index in [1.807, 2.05) is 26.8 Å². The van der Waals surface area contributed by atoms with E-state index in [9.17, 15) is 9.18 Å². The molecule has 156 valence electrons. The van der Waals surface area contributed by atoms with Crippen LogP contribution in [-0.2, 0) is 4.79 Å². The van der Waals surface area contributed by atoms with Gasteiger partial charge in [0.2, 0.25) is 5.91 Å². The Labute approximate surface area is 164 Å². The molecule has 0 spiro atoms. The lowest BCUT2D eigenvalue weighted by atomic mass is 9.89. The smallest absolute Gasteiger partial charge is 0.232 e. The summed E-state index contributed by atoms with van der Waals surface area (Å²) in [6, 6.07) is -0.262. The first-order valence-electron chi connectivity index (χ1n) is 10.5. The maximum absolute atomic E-state index is 14.3. The normalized spacial score (nSPS) is 29.0. The van der Waals surface area contributed by atoms with Crippen LogP contribution < -0.4 is 16.4 Å². The van der Waals surface area contributed by atoms with Gasteiger partial charge in [0.05, 0.1) is 5.92 Å². The molecule has 6 heteroatoms. The SMILES string of the molecule is CC=C(C)NC(=O)C1C(N)N=C(C(CC)CCCC)CCC(F)CNC1C. The zero-order valence-corrected chi connectivity index (χ0v) is 17.7. The lowest BCUT2D eigenvalue weighted by Gasteiger charge is -2.31. The van der Waals surface area contributed by atoms with Gasteiger partial charge in [-0.25, -0.2) is 4.39 Å². The number of nitrogens with two attached hydrogens (primary N) is 1. The molecule has 0 aromatic rings. The van der Waals surface area contributed by atoms with E-state index in [0.717, 1.165) is 37.1 Å². The van der Waals surface area contributed by atoms with Crippen molar-refractivity contribution in [2.24, 2.45) is 22.6 Å².